The summed E-state index contributed by atoms with van der Waals surface area (Å²) in [5.41, 5.74) is 1.09. The number of halogens is 1. The molecular formula is C23H21BrN2O4. The number of carbonyl (C=O) groups excluding carboxylic acids is 3. The third kappa shape index (κ3) is 2.83. The number of hydrogen-bond acceptors (Lipinski definition) is 5. The number of carbonyl (C=O) groups is 3. The molecule has 0 N–H and O–H groups in total. The highest BCUT2D eigenvalue weighted by atomic mass is 79.9. The van der Waals surface area contributed by atoms with Gasteiger partial charge in [0, 0.05) is 16.1 Å². The molecule has 3 fully saturated rings. The third-order valence-corrected chi connectivity index (χ3v) is 7.05. The van der Waals surface area contributed by atoms with Crippen LogP contribution >= 0.6 is 15.9 Å². The first kappa shape index (κ1) is 19.5. The van der Waals surface area contributed by atoms with E-state index in [9.17, 15) is 14.4 Å². The minimum absolute atomic E-state index is 0.0594. The van der Waals surface area contributed by atoms with Gasteiger partial charge in [-0.25, -0.2) is 4.90 Å². The fourth-order valence-corrected chi connectivity index (χ4v) is 5.70. The van der Waals surface area contributed by atoms with Crippen LogP contribution in [0.1, 0.15) is 23.2 Å². The third-order valence-electron chi connectivity index (χ3n) is 6.56. The SMILES string of the molecule is COc1ccc(C(=O)C2C3C(=O)N(c4cccc(Br)c4)C(=O)C3C3CCCN32)cc1. The Balaban J connectivity index is 1.53. The fraction of sp³-hybridized carbons (Fsp3) is 0.348. The number of rotatable bonds is 4. The molecular weight excluding hydrogens is 448 g/mol. The van der Waals surface area contributed by atoms with Crippen molar-refractivity contribution in [2.75, 3.05) is 18.6 Å². The summed E-state index contributed by atoms with van der Waals surface area (Å²) >= 11 is 3.41. The maximum atomic E-state index is 13.5. The highest BCUT2D eigenvalue weighted by Crippen LogP contribution is 2.48. The zero-order valence-electron chi connectivity index (χ0n) is 16.5. The number of Topliss-reactive ketones (excluding diaryl/α,β-unsaturated/α-hetero) is 1. The van der Waals surface area contributed by atoms with Crippen LogP contribution in [0, 0.1) is 11.8 Å². The lowest BCUT2D eigenvalue weighted by atomic mass is 9.85. The average molecular weight is 469 g/mol. The Morgan fingerprint density at radius 1 is 1.07 bits per heavy atom. The lowest BCUT2D eigenvalue weighted by Gasteiger charge is -2.27. The first-order chi connectivity index (χ1) is 14.5. The van der Waals surface area contributed by atoms with Gasteiger partial charge >= 0.3 is 0 Å². The molecule has 0 spiro atoms. The molecule has 30 heavy (non-hydrogen) atoms. The van der Waals surface area contributed by atoms with Gasteiger partial charge in [0.05, 0.1) is 30.7 Å². The molecule has 2 aromatic carbocycles. The normalized spacial score (nSPS) is 28.0. The molecule has 2 amide bonds. The maximum Gasteiger partial charge on any atom is 0.239 e. The predicted octanol–water partition coefficient (Wildman–Crippen LogP) is 3.29. The quantitative estimate of drug-likeness (QED) is 0.508. The average Bonchev–Trinajstić information content (AvgIpc) is 3.39. The van der Waals surface area contributed by atoms with Crippen molar-refractivity contribution in [2.45, 2.75) is 24.9 Å². The van der Waals surface area contributed by atoms with E-state index in [2.05, 4.69) is 20.8 Å². The van der Waals surface area contributed by atoms with Crippen LogP contribution in [0.2, 0.25) is 0 Å². The summed E-state index contributed by atoms with van der Waals surface area (Å²) in [7, 11) is 1.58. The topological polar surface area (TPSA) is 66.9 Å². The van der Waals surface area contributed by atoms with Crippen LogP contribution in [-0.4, -0.2) is 48.2 Å². The number of hydrogen-bond donors (Lipinski definition) is 0. The standard InChI is InChI=1S/C23H21BrN2O4/c1-30-16-9-7-13(8-10-16)21(27)20-19-18(17-6-3-11-25(17)20)22(28)26(23(19)29)15-5-2-4-14(24)12-15/h2,4-5,7-10,12,17-20H,3,6,11H2,1H3. The van der Waals surface area contributed by atoms with Gasteiger partial charge in [-0.05, 0) is 61.9 Å². The molecule has 0 aromatic heterocycles. The van der Waals surface area contributed by atoms with Gasteiger partial charge in [-0.15, -0.1) is 0 Å². The van der Waals surface area contributed by atoms with E-state index in [0.29, 0.717) is 17.0 Å². The van der Waals surface area contributed by atoms with Crippen LogP contribution in [0.15, 0.2) is 53.0 Å². The van der Waals surface area contributed by atoms with Crippen molar-refractivity contribution in [3.63, 3.8) is 0 Å². The first-order valence-electron chi connectivity index (χ1n) is 10.1. The molecule has 7 heteroatoms. The molecule has 4 atom stereocenters. The Labute approximate surface area is 182 Å². The van der Waals surface area contributed by atoms with Gasteiger partial charge in [0.2, 0.25) is 11.8 Å². The largest absolute Gasteiger partial charge is 0.497 e. The molecule has 3 saturated heterocycles. The number of ketones is 1. The van der Waals surface area contributed by atoms with E-state index in [0.717, 1.165) is 23.9 Å². The van der Waals surface area contributed by atoms with E-state index >= 15 is 0 Å². The van der Waals surface area contributed by atoms with Gasteiger partial charge in [0.25, 0.3) is 0 Å². The van der Waals surface area contributed by atoms with E-state index in [-0.39, 0.29) is 23.6 Å². The lowest BCUT2D eigenvalue weighted by molar-refractivity contribution is -0.123. The molecule has 3 aliphatic heterocycles. The number of amides is 2. The van der Waals surface area contributed by atoms with Crippen LogP contribution in [0.4, 0.5) is 5.69 Å². The number of nitrogens with zero attached hydrogens (tertiary/aromatic N) is 2. The number of benzene rings is 2. The molecule has 0 radical (unpaired) electrons. The number of ether oxygens (including phenoxy) is 1. The van der Waals surface area contributed by atoms with Gasteiger partial charge in [-0.1, -0.05) is 22.0 Å². The summed E-state index contributed by atoms with van der Waals surface area (Å²) in [6.45, 7) is 0.738. The first-order valence-corrected chi connectivity index (χ1v) is 10.9. The summed E-state index contributed by atoms with van der Waals surface area (Å²) in [6, 6.07) is 13.5. The molecule has 3 heterocycles. The lowest BCUT2D eigenvalue weighted by Crippen LogP contribution is -2.46. The number of imide groups is 1. The number of fused-ring (bicyclic) bond motifs is 3. The molecule has 0 bridgehead atoms. The molecule has 154 valence electrons. The van der Waals surface area contributed by atoms with E-state index in [1.165, 1.54) is 4.90 Å². The molecule has 2 aromatic rings. The summed E-state index contributed by atoms with van der Waals surface area (Å²) in [4.78, 5) is 43.7. The Morgan fingerprint density at radius 2 is 1.80 bits per heavy atom. The fourth-order valence-electron chi connectivity index (χ4n) is 5.31. The van der Waals surface area contributed by atoms with Crippen molar-refractivity contribution in [2.24, 2.45) is 11.8 Å². The van der Waals surface area contributed by atoms with Gasteiger partial charge < -0.3 is 4.74 Å². The van der Waals surface area contributed by atoms with Crippen molar-refractivity contribution < 1.29 is 19.1 Å². The zero-order chi connectivity index (χ0) is 21.0. The van der Waals surface area contributed by atoms with Crippen LogP contribution in [0.25, 0.3) is 0 Å². The Kier molecular flexibility index (Phi) is 4.75. The van der Waals surface area contributed by atoms with Crippen LogP contribution < -0.4 is 9.64 Å². The second-order valence-corrected chi connectivity index (χ2v) is 8.94. The highest BCUT2D eigenvalue weighted by Gasteiger charge is 2.64. The van der Waals surface area contributed by atoms with Gasteiger partial charge in [0.1, 0.15) is 5.75 Å². The van der Waals surface area contributed by atoms with Crippen molar-refractivity contribution in [3.05, 3.63) is 58.6 Å². The van der Waals surface area contributed by atoms with Crippen molar-refractivity contribution in [3.8, 4) is 5.75 Å². The van der Waals surface area contributed by atoms with Crippen LogP contribution in [0.5, 0.6) is 5.75 Å². The minimum atomic E-state index is -0.642. The van der Waals surface area contributed by atoms with E-state index in [4.69, 9.17) is 4.74 Å². The molecule has 3 aliphatic rings. The zero-order valence-corrected chi connectivity index (χ0v) is 18.0. The molecule has 6 nitrogen and oxygen atoms in total. The van der Waals surface area contributed by atoms with E-state index in [1.54, 1.807) is 49.6 Å². The monoisotopic (exact) mass is 468 g/mol. The second kappa shape index (κ2) is 7.32. The Morgan fingerprint density at radius 3 is 2.50 bits per heavy atom. The molecule has 0 saturated carbocycles. The van der Waals surface area contributed by atoms with E-state index in [1.807, 2.05) is 6.07 Å². The Hall–Kier alpha value is -2.51. The smallest absolute Gasteiger partial charge is 0.239 e. The maximum absolute atomic E-state index is 13.5. The Bertz CT molecular complexity index is 1040. The summed E-state index contributed by atoms with van der Waals surface area (Å²) in [6.07, 6.45) is 1.76. The summed E-state index contributed by atoms with van der Waals surface area (Å²) in [5.74, 6) is -1.01. The van der Waals surface area contributed by atoms with Crippen molar-refractivity contribution in [1.82, 2.24) is 4.90 Å². The van der Waals surface area contributed by atoms with E-state index < -0.39 is 17.9 Å². The molecule has 5 rings (SSSR count). The van der Waals surface area contributed by atoms with Gasteiger partial charge in [-0.2, -0.15) is 0 Å². The number of anilines is 1. The molecule has 4 unspecified atom stereocenters. The second-order valence-electron chi connectivity index (χ2n) is 8.03. The predicted molar refractivity (Wildman–Crippen MR) is 114 cm³/mol. The molecule has 0 aliphatic carbocycles. The summed E-state index contributed by atoms with van der Waals surface area (Å²) in [5, 5.41) is 0. The van der Waals surface area contributed by atoms with Crippen molar-refractivity contribution in [1.29, 1.82) is 0 Å². The van der Waals surface area contributed by atoms with Gasteiger partial charge in [-0.3, -0.25) is 19.3 Å². The van der Waals surface area contributed by atoms with Crippen LogP contribution in [0.3, 0.4) is 0 Å². The number of methoxy groups -OCH3 is 1. The summed E-state index contributed by atoms with van der Waals surface area (Å²) < 4.78 is 5.98. The van der Waals surface area contributed by atoms with Gasteiger partial charge in [0.15, 0.2) is 5.78 Å². The van der Waals surface area contributed by atoms with Crippen LogP contribution in [-0.2, 0) is 9.59 Å². The highest BCUT2D eigenvalue weighted by molar-refractivity contribution is 9.10. The van der Waals surface area contributed by atoms with Crippen molar-refractivity contribution >= 4 is 39.2 Å². The minimum Gasteiger partial charge on any atom is -0.497 e.